The molecule has 1 amide bonds. The molecule has 0 aliphatic heterocycles. The topological polar surface area (TPSA) is 57.3 Å². The summed E-state index contributed by atoms with van der Waals surface area (Å²) in [5.41, 5.74) is 0.808. The van der Waals surface area contributed by atoms with Crippen LogP contribution in [-0.2, 0) is 11.3 Å². The van der Waals surface area contributed by atoms with Crippen molar-refractivity contribution >= 4 is 23.3 Å². The molecule has 0 aliphatic carbocycles. The minimum absolute atomic E-state index is 0.0323. The summed E-state index contributed by atoms with van der Waals surface area (Å²) in [5, 5.41) is 6.21. The van der Waals surface area contributed by atoms with E-state index in [1.807, 2.05) is 31.1 Å². The van der Waals surface area contributed by atoms with Crippen LogP contribution in [0, 0.1) is 0 Å². The number of amides is 1. The Morgan fingerprint density at radius 2 is 2.17 bits per heavy atom. The lowest BCUT2D eigenvalue weighted by Crippen LogP contribution is -2.26. The van der Waals surface area contributed by atoms with Gasteiger partial charge in [-0.05, 0) is 19.2 Å². The van der Waals surface area contributed by atoms with E-state index in [1.54, 1.807) is 7.05 Å². The molecule has 0 saturated heterocycles. The minimum Gasteiger partial charge on any atom is -0.373 e. The minimum atomic E-state index is 0.0323. The molecular weight excluding hydrogens is 252 g/mol. The van der Waals surface area contributed by atoms with Gasteiger partial charge in [0.1, 0.15) is 5.82 Å². The van der Waals surface area contributed by atoms with Crippen molar-refractivity contribution in [2.24, 2.45) is 0 Å². The molecule has 0 saturated carbocycles. The molecule has 0 fully saturated rings. The molecule has 6 heteroatoms. The predicted octanol–water partition coefficient (Wildman–Crippen LogP) is 1.34. The van der Waals surface area contributed by atoms with Crippen molar-refractivity contribution in [1.82, 2.24) is 15.2 Å². The molecule has 1 aromatic rings. The van der Waals surface area contributed by atoms with E-state index < -0.39 is 0 Å². The first-order valence-electron chi connectivity index (χ1n) is 5.79. The second kappa shape index (κ2) is 7.18. The smallest absolute Gasteiger partial charge is 0.221 e. The lowest BCUT2D eigenvalue weighted by molar-refractivity contribution is -0.120. The monoisotopic (exact) mass is 270 g/mol. The summed E-state index contributed by atoms with van der Waals surface area (Å²) in [6.07, 6.45) is 0.469. The summed E-state index contributed by atoms with van der Waals surface area (Å²) in [4.78, 5) is 17.6. The van der Waals surface area contributed by atoms with Crippen LogP contribution in [0.2, 0.25) is 5.02 Å². The molecular formula is C12H19ClN4O. The number of anilines is 1. The van der Waals surface area contributed by atoms with E-state index >= 15 is 0 Å². The van der Waals surface area contributed by atoms with E-state index in [-0.39, 0.29) is 5.91 Å². The Labute approximate surface area is 113 Å². The highest BCUT2D eigenvalue weighted by molar-refractivity contribution is 6.31. The van der Waals surface area contributed by atoms with Crippen LogP contribution >= 0.6 is 11.6 Å². The van der Waals surface area contributed by atoms with Gasteiger partial charge in [-0.15, -0.1) is 0 Å². The van der Waals surface area contributed by atoms with E-state index in [2.05, 4.69) is 15.6 Å². The van der Waals surface area contributed by atoms with Crippen LogP contribution in [-0.4, -0.2) is 43.5 Å². The Morgan fingerprint density at radius 3 is 2.78 bits per heavy atom. The van der Waals surface area contributed by atoms with Crippen molar-refractivity contribution < 1.29 is 4.79 Å². The number of hydrogen-bond donors (Lipinski definition) is 2. The van der Waals surface area contributed by atoms with Crippen LogP contribution in [0.4, 0.5) is 5.82 Å². The molecule has 0 atom stereocenters. The third kappa shape index (κ3) is 4.50. The number of carbonyl (C=O) groups is 1. The lowest BCUT2D eigenvalue weighted by atomic mass is 10.3. The van der Waals surface area contributed by atoms with Crippen LogP contribution < -0.4 is 10.6 Å². The van der Waals surface area contributed by atoms with Crippen molar-refractivity contribution in [3.05, 3.63) is 22.8 Å². The molecule has 1 aromatic heterocycles. The van der Waals surface area contributed by atoms with Gasteiger partial charge in [0.15, 0.2) is 0 Å². The highest BCUT2D eigenvalue weighted by Crippen LogP contribution is 2.17. The Hall–Kier alpha value is -1.33. The van der Waals surface area contributed by atoms with Crippen LogP contribution in [0.1, 0.15) is 12.1 Å². The van der Waals surface area contributed by atoms with Crippen molar-refractivity contribution in [2.45, 2.75) is 13.0 Å². The fourth-order valence-electron chi connectivity index (χ4n) is 1.49. The SMILES string of the molecule is CNC(=O)CCN(C)Cc1nc(NC)ccc1Cl. The molecule has 0 bridgehead atoms. The fraction of sp³-hybridized carbons (Fsp3) is 0.500. The quantitative estimate of drug-likeness (QED) is 0.819. The summed E-state index contributed by atoms with van der Waals surface area (Å²) in [6, 6.07) is 3.65. The van der Waals surface area contributed by atoms with Gasteiger partial charge >= 0.3 is 0 Å². The summed E-state index contributed by atoms with van der Waals surface area (Å²) in [5.74, 6) is 0.819. The molecule has 0 radical (unpaired) electrons. The van der Waals surface area contributed by atoms with Gasteiger partial charge in [0.2, 0.25) is 5.91 Å². The highest BCUT2D eigenvalue weighted by atomic mass is 35.5. The number of nitrogens with zero attached hydrogens (tertiary/aromatic N) is 2. The zero-order chi connectivity index (χ0) is 13.5. The van der Waals surface area contributed by atoms with Crippen molar-refractivity contribution in [1.29, 1.82) is 0 Å². The van der Waals surface area contributed by atoms with Crippen molar-refractivity contribution in [2.75, 3.05) is 33.0 Å². The first-order valence-corrected chi connectivity index (χ1v) is 6.17. The average molecular weight is 271 g/mol. The zero-order valence-electron chi connectivity index (χ0n) is 11.0. The molecule has 0 aliphatic rings. The van der Waals surface area contributed by atoms with E-state index in [0.29, 0.717) is 24.5 Å². The summed E-state index contributed by atoms with van der Waals surface area (Å²) >= 11 is 6.09. The highest BCUT2D eigenvalue weighted by Gasteiger charge is 2.08. The van der Waals surface area contributed by atoms with Crippen LogP contribution in [0.15, 0.2) is 12.1 Å². The van der Waals surface area contributed by atoms with Gasteiger partial charge in [-0.1, -0.05) is 11.6 Å². The third-order valence-electron chi connectivity index (χ3n) is 2.59. The maximum Gasteiger partial charge on any atom is 0.221 e. The van der Waals surface area contributed by atoms with Gasteiger partial charge in [-0.3, -0.25) is 9.69 Å². The molecule has 2 N–H and O–H groups in total. The van der Waals surface area contributed by atoms with Gasteiger partial charge < -0.3 is 10.6 Å². The van der Waals surface area contributed by atoms with Crippen LogP contribution in [0.25, 0.3) is 0 Å². The summed E-state index contributed by atoms with van der Waals surface area (Å²) in [7, 11) is 5.39. The van der Waals surface area contributed by atoms with Gasteiger partial charge in [0.05, 0.1) is 10.7 Å². The number of rotatable bonds is 6. The molecule has 100 valence electrons. The Balaban J connectivity index is 2.58. The Morgan fingerprint density at radius 1 is 1.44 bits per heavy atom. The van der Waals surface area contributed by atoms with E-state index in [4.69, 9.17) is 11.6 Å². The maximum atomic E-state index is 11.1. The number of carbonyl (C=O) groups excluding carboxylic acids is 1. The number of pyridine rings is 1. The van der Waals surface area contributed by atoms with E-state index in [1.165, 1.54) is 0 Å². The molecule has 0 spiro atoms. The molecule has 5 nitrogen and oxygen atoms in total. The average Bonchev–Trinajstić information content (AvgIpc) is 2.38. The standard InChI is InChI=1S/C12H19ClN4O/c1-14-11-5-4-9(13)10(16-11)8-17(3)7-6-12(18)15-2/h4-5H,6-8H2,1-3H3,(H,14,16)(H,15,18). The number of halogens is 1. The van der Waals surface area contributed by atoms with Gasteiger partial charge in [0.25, 0.3) is 0 Å². The molecule has 1 rings (SSSR count). The molecule has 1 heterocycles. The first kappa shape index (κ1) is 14.7. The lowest BCUT2D eigenvalue weighted by Gasteiger charge is -2.16. The number of hydrogen-bond acceptors (Lipinski definition) is 4. The van der Waals surface area contributed by atoms with E-state index in [0.717, 1.165) is 11.5 Å². The van der Waals surface area contributed by atoms with Gasteiger partial charge in [0, 0.05) is 33.6 Å². The Kier molecular flexibility index (Phi) is 5.88. The fourth-order valence-corrected chi connectivity index (χ4v) is 1.65. The van der Waals surface area contributed by atoms with Crippen LogP contribution in [0.3, 0.4) is 0 Å². The maximum absolute atomic E-state index is 11.1. The molecule has 0 unspecified atom stereocenters. The van der Waals surface area contributed by atoms with Gasteiger partial charge in [-0.2, -0.15) is 0 Å². The van der Waals surface area contributed by atoms with Crippen molar-refractivity contribution in [3.63, 3.8) is 0 Å². The summed E-state index contributed by atoms with van der Waals surface area (Å²) in [6.45, 7) is 1.28. The number of aromatic nitrogens is 1. The van der Waals surface area contributed by atoms with E-state index in [9.17, 15) is 4.79 Å². The second-order valence-electron chi connectivity index (χ2n) is 4.04. The normalized spacial score (nSPS) is 10.5. The number of nitrogens with one attached hydrogen (secondary N) is 2. The second-order valence-corrected chi connectivity index (χ2v) is 4.44. The first-order chi connectivity index (χ1) is 8.56. The van der Waals surface area contributed by atoms with Crippen LogP contribution in [0.5, 0.6) is 0 Å². The summed E-state index contributed by atoms with van der Waals surface area (Å²) < 4.78 is 0. The largest absolute Gasteiger partial charge is 0.373 e. The molecule has 0 aromatic carbocycles. The van der Waals surface area contributed by atoms with Gasteiger partial charge in [-0.25, -0.2) is 4.98 Å². The molecule has 18 heavy (non-hydrogen) atoms. The van der Waals surface area contributed by atoms with Crippen molar-refractivity contribution in [3.8, 4) is 0 Å². The Bertz CT molecular complexity index is 411. The third-order valence-corrected chi connectivity index (χ3v) is 2.94. The predicted molar refractivity (Wildman–Crippen MR) is 73.8 cm³/mol. The zero-order valence-corrected chi connectivity index (χ0v) is 11.7.